The first-order chi connectivity index (χ1) is 16.7. The summed E-state index contributed by atoms with van der Waals surface area (Å²) in [5.74, 6) is -1.05. The largest absolute Gasteiger partial charge is 0.493 e. The van der Waals surface area contributed by atoms with E-state index < -0.39 is 23.9 Å². The topological polar surface area (TPSA) is 113 Å². The van der Waals surface area contributed by atoms with Crippen molar-refractivity contribution in [1.82, 2.24) is 10.3 Å². The number of cyclic esters (lactones) is 1. The molecule has 1 aromatic rings. The van der Waals surface area contributed by atoms with Gasteiger partial charge in [0.15, 0.2) is 11.4 Å². The van der Waals surface area contributed by atoms with Gasteiger partial charge in [0.1, 0.15) is 12.1 Å². The van der Waals surface area contributed by atoms with Gasteiger partial charge < -0.3 is 24.3 Å². The second kappa shape index (κ2) is 14.0. The summed E-state index contributed by atoms with van der Waals surface area (Å²) in [7, 11) is 1.40. The Morgan fingerprint density at radius 1 is 1.29 bits per heavy atom. The molecule has 4 atom stereocenters. The lowest BCUT2D eigenvalue weighted by molar-refractivity contribution is -0.156. The fourth-order valence-electron chi connectivity index (χ4n) is 4.29. The highest BCUT2D eigenvalue weighted by atomic mass is 16.6. The molecule has 0 radical (unpaired) electrons. The summed E-state index contributed by atoms with van der Waals surface area (Å²) in [6.07, 6.45) is 5.68. The average Bonchev–Trinajstić information content (AvgIpc) is 2.85. The highest BCUT2D eigenvalue weighted by molar-refractivity contribution is 5.98. The average molecular weight is 493 g/mol. The molecule has 2 rings (SSSR count). The maximum Gasteiger partial charge on any atom is 0.328 e. The van der Waals surface area contributed by atoms with Crippen LogP contribution in [-0.2, 0) is 19.1 Å². The molecule has 9 heteroatoms. The predicted octanol–water partition coefficient (Wildman–Crippen LogP) is 4.08. The first-order valence-electron chi connectivity index (χ1n) is 12.5. The Labute approximate surface area is 208 Å². The number of methoxy groups -OCH3 is 1. The minimum Gasteiger partial charge on any atom is -0.493 e. The zero-order valence-electron chi connectivity index (χ0n) is 21.8. The molecular formula is C26H40N2O7. The van der Waals surface area contributed by atoms with Crippen molar-refractivity contribution in [2.45, 2.75) is 91.4 Å². The Bertz CT molecular complexity index is 858. The number of nitrogens with zero attached hydrogens (tertiary/aromatic N) is 1. The van der Waals surface area contributed by atoms with E-state index in [4.69, 9.17) is 18.9 Å². The van der Waals surface area contributed by atoms with E-state index in [1.54, 1.807) is 0 Å². The van der Waals surface area contributed by atoms with Crippen molar-refractivity contribution < 1.29 is 33.3 Å². The van der Waals surface area contributed by atoms with E-state index in [-0.39, 0.29) is 35.3 Å². The van der Waals surface area contributed by atoms with Crippen molar-refractivity contribution in [3.8, 4) is 11.5 Å². The Hall–Kier alpha value is -2.68. The predicted molar refractivity (Wildman–Crippen MR) is 130 cm³/mol. The highest BCUT2D eigenvalue weighted by Crippen LogP contribution is 2.31. The first kappa shape index (κ1) is 28.6. The minimum absolute atomic E-state index is 0.0124. The van der Waals surface area contributed by atoms with E-state index in [2.05, 4.69) is 31.1 Å². The van der Waals surface area contributed by atoms with E-state index in [9.17, 15) is 14.4 Å². The zero-order chi connectivity index (χ0) is 26.0. The number of aromatic nitrogens is 1. The van der Waals surface area contributed by atoms with Crippen molar-refractivity contribution in [2.24, 2.45) is 11.8 Å². The Morgan fingerprint density at radius 2 is 2.03 bits per heavy atom. The second-order valence-electron chi connectivity index (χ2n) is 9.43. The molecular weight excluding hydrogens is 452 g/mol. The Kier molecular flexibility index (Phi) is 11.4. The van der Waals surface area contributed by atoms with Gasteiger partial charge in [-0.15, -0.1) is 0 Å². The Morgan fingerprint density at radius 3 is 2.66 bits per heavy atom. The summed E-state index contributed by atoms with van der Waals surface area (Å²) in [5.41, 5.74) is -0.140. The van der Waals surface area contributed by atoms with Gasteiger partial charge in [0.25, 0.3) is 5.91 Å². The molecule has 1 N–H and O–H groups in total. The van der Waals surface area contributed by atoms with E-state index in [0.717, 1.165) is 25.7 Å². The summed E-state index contributed by atoms with van der Waals surface area (Å²) in [6, 6.07) is 0.623. The summed E-state index contributed by atoms with van der Waals surface area (Å²) in [4.78, 5) is 41.8. The zero-order valence-corrected chi connectivity index (χ0v) is 21.8. The highest BCUT2D eigenvalue weighted by Gasteiger charge is 2.35. The van der Waals surface area contributed by atoms with Crippen LogP contribution in [0.15, 0.2) is 12.3 Å². The van der Waals surface area contributed by atoms with Crippen LogP contribution in [0.3, 0.4) is 0 Å². The fraction of sp³-hybridized carbons (Fsp3) is 0.692. The number of esters is 2. The molecule has 196 valence electrons. The standard InChI is InChI=1S/C26H40N2O7/c1-7-15-33-21-10-8-9-20(26(31)34-17(4)19(21)12-11-16(2)3)28-25(30)23-24(35-18(5)29)22(32-6)13-14-27-23/h13-14,16-17,19-21H,7-12,15H2,1-6H3,(H,28,30)/t17-,19-,20?,21-/m0/s1. The molecule has 0 saturated carbocycles. The van der Waals surface area contributed by atoms with Crippen molar-refractivity contribution in [3.05, 3.63) is 18.0 Å². The summed E-state index contributed by atoms with van der Waals surface area (Å²) >= 11 is 0. The number of carbonyl (C=O) groups is 3. The number of hydrogen-bond donors (Lipinski definition) is 1. The molecule has 1 aliphatic heterocycles. The van der Waals surface area contributed by atoms with Crippen molar-refractivity contribution >= 4 is 17.8 Å². The van der Waals surface area contributed by atoms with Gasteiger partial charge in [0, 0.05) is 31.7 Å². The van der Waals surface area contributed by atoms with Crippen molar-refractivity contribution in [3.63, 3.8) is 0 Å². The van der Waals surface area contributed by atoms with Gasteiger partial charge in [0.05, 0.1) is 13.2 Å². The van der Waals surface area contributed by atoms with Gasteiger partial charge in [-0.05, 0) is 44.9 Å². The van der Waals surface area contributed by atoms with Crippen molar-refractivity contribution in [1.29, 1.82) is 0 Å². The van der Waals surface area contributed by atoms with Gasteiger partial charge in [0.2, 0.25) is 5.75 Å². The lowest BCUT2D eigenvalue weighted by Crippen LogP contribution is -2.44. The maximum atomic E-state index is 13.1. The van der Waals surface area contributed by atoms with Crippen LogP contribution in [0.1, 0.15) is 83.6 Å². The molecule has 0 spiro atoms. The molecule has 0 bridgehead atoms. The van der Waals surface area contributed by atoms with Gasteiger partial charge >= 0.3 is 11.9 Å². The number of nitrogens with one attached hydrogen (secondary N) is 1. The van der Waals surface area contributed by atoms with Gasteiger partial charge in [-0.3, -0.25) is 9.59 Å². The van der Waals surface area contributed by atoms with E-state index in [1.807, 2.05) is 6.92 Å². The second-order valence-corrected chi connectivity index (χ2v) is 9.43. The molecule has 2 heterocycles. The number of amides is 1. The smallest absolute Gasteiger partial charge is 0.328 e. The number of hydrogen-bond acceptors (Lipinski definition) is 8. The molecule has 1 aliphatic rings. The maximum absolute atomic E-state index is 13.1. The number of rotatable bonds is 10. The van der Waals surface area contributed by atoms with Crippen LogP contribution in [0.25, 0.3) is 0 Å². The monoisotopic (exact) mass is 492 g/mol. The SMILES string of the molecule is CCCO[C@H]1CCCC(NC(=O)c2nccc(OC)c2OC(C)=O)C(=O)O[C@@H](C)[C@@H]1CCC(C)C. The van der Waals surface area contributed by atoms with Crippen LogP contribution < -0.4 is 14.8 Å². The molecule has 1 saturated heterocycles. The van der Waals surface area contributed by atoms with Crippen LogP contribution in [0.4, 0.5) is 0 Å². The van der Waals surface area contributed by atoms with Crippen LogP contribution in [0.5, 0.6) is 11.5 Å². The van der Waals surface area contributed by atoms with E-state index >= 15 is 0 Å². The molecule has 1 fully saturated rings. The number of carbonyl (C=O) groups excluding carboxylic acids is 3. The molecule has 1 amide bonds. The molecule has 35 heavy (non-hydrogen) atoms. The minimum atomic E-state index is -0.862. The molecule has 0 aliphatic carbocycles. The normalized spacial score (nSPS) is 23.0. The molecule has 0 aromatic carbocycles. The molecule has 9 nitrogen and oxygen atoms in total. The molecule has 1 unspecified atom stereocenters. The number of pyridine rings is 1. The van der Waals surface area contributed by atoms with Crippen LogP contribution >= 0.6 is 0 Å². The Balaban J connectivity index is 2.22. The van der Waals surface area contributed by atoms with Crippen LogP contribution in [0, 0.1) is 11.8 Å². The first-order valence-corrected chi connectivity index (χ1v) is 12.5. The third kappa shape index (κ3) is 8.49. The van der Waals surface area contributed by atoms with Crippen LogP contribution in [0.2, 0.25) is 0 Å². The van der Waals surface area contributed by atoms with E-state index in [1.165, 1.54) is 26.3 Å². The van der Waals surface area contributed by atoms with E-state index in [0.29, 0.717) is 25.4 Å². The fourth-order valence-corrected chi connectivity index (χ4v) is 4.29. The third-order valence-electron chi connectivity index (χ3n) is 6.12. The number of ether oxygens (including phenoxy) is 4. The lowest BCUT2D eigenvalue weighted by Gasteiger charge is -2.31. The molecule has 1 aromatic heterocycles. The van der Waals surface area contributed by atoms with Gasteiger partial charge in [-0.1, -0.05) is 27.2 Å². The summed E-state index contributed by atoms with van der Waals surface area (Å²) < 4.78 is 22.4. The van der Waals surface area contributed by atoms with Gasteiger partial charge in [-0.2, -0.15) is 0 Å². The van der Waals surface area contributed by atoms with Crippen LogP contribution in [-0.4, -0.2) is 54.8 Å². The summed E-state index contributed by atoms with van der Waals surface area (Å²) in [6.45, 7) is 10.2. The third-order valence-corrected chi connectivity index (χ3v) is 6.12. The quantitative estimate of drug-likeness (QED) is 0.486. The van der Waals surface area contributed by atoms with Gasteiger partial charge in [-0.25, -0.2) is 9.78 Å². The van der Waals surface area contributed by atoms with Crippen molar-refractivity contribution in [2.75, 3.05) is 13.7 Å². The summed E-state index contributed by atoms with van der Waals surface area (Å²) in [5, 5.41) is 2.73. The lowest BCUT2D eigenvalue weighted by atomic mass is 9.86.